The number of aliphatic hydroxyl groups excluding tert-OH is 1. The van der Waals surface area contributed by atoms with Crippen LogP contribution in [0.2, 0.25) is 0 Å². The minimum atomic E-state index is -0.303. The molecule has 0 saturated carbocycles. The van der Waals surface area contributed by atoms with Gasteiger partial charge in [-0.05, 0) is 36.1 Å². The number of nitrogens with zero attached hydrogens (tertiary/aromatic N) is 1. The lowest BCUT2D eigenvalue weighted by Gasteiger charge is -2.41. The summed E-state index contributed by atoms with van der Waals surface area (Å²) in [5, 5.41) is 10.1. The number of rotatable bonds is 0. The molecule has 1 N–H and O–H groups in total. The van der Waals surface area contributed by atoms with Crippen LogP contribution in [0.1, 0.15) is 29.9 Å². The number of benzene rings is 1. The quantitative estimate of drug-likeness (QED) is 0.730. The van der Waals surface area contributed by atoms with Crippen LogP contribution < -0.4 is 9.47 Å². The van der Waals surface area contributed by atoms with Gasteiger partial charge in [0.2, 0.25) is 6.79 Å². The molecule has 3 heterocycles. The van der Waals surface area contributed by atoms with Crippen LogP contribution in [-0.4, -0.2) is 35.5 Å². The Morgan fingerprint density at radius 1 is 1.20 bits per heavy atom. The van der Waals surface area contributed by atoms with Gasteiger partial charge >= 0.3 is 0 Å². The first kappa shape index (κ1) is 11.2. The van der Waals surface area contributed by atoms with Gasteiger partial charge in [0, 0.05) is 25.0 Å². The molecule has 4 aliphatic rings. The molecule has 3 aliphatic heterocycles. The SMILES string of the molecule is O[C@H]1C=C2CCN3Cc4cc5c(cc4[C@H](C1)[C@@H]23)OCO5. The van der Waals surface area contributed by atoms with Crippen molar-refractivity contribution in [3.8, 4) is 11.5 Å². The maximum atomic E-state index is 10.1. The first-order valence-electron chi connectivity index (χ1n) is 7.35. The molecule has 0 aromatic heterocycles. The summed E-state index contributed by atoms with van der Waals surface area (Å²) < 4.78 is 11.0. The summed E-state index contributed by atoms with van der Waals surface area (Å²) >= 11 is 0. The average Bonchev–Trinajstić information content (AvgIpc) is 3.04. The number of hydrogen-bond donors (Lipinski definition) is 1. The molecule has 1 aromatic carbocycles. The second kappa shape index (κ2) is 3.77. The first-order valence-corrected chi connectivity index (χ1v) is 7.35. The van der Waals surface area contributed by atoms with Gasteiger partial charge in [0.05, 0.1) is 6.10 Å². The Kier molecular flexibility index (Phi) is 2.11. The van der Waals surface area contributed by atoms with Crippen molar-refractivity contribution in [2.75, 3.05) is 13.3 Å². The zero-order valence-electron chi connectivity index (χ0n) is 11.2. The van der Waals surface area contributed by atoms with Crippen molar-refractivity contribution >= 4 is 0 Å². The fourth-order valence-corrected chi connectivity index (χ4v) is 4.37. The first-order chi connectivity index (χ1) is 9.79. The molecule has 0 bridgehead atoms. The Bertz CT molecular complexity index is 624. The molecular weight excluding hydrogens is 254 g/mol. The maximum absolute atomic E-state index is 10.1. The zero-order valence-corrected chi connectivity index (χ0v) is 11.2. The van der Waals surface area contributed by atoms with E-state index in [9.17, 15) is 5.11 Å². The standard InChI is InChI=1S/C16H17NO3/c18-11-3-9-1-2-17-7-10-4-14-15(20-8-19-14)6-12(10)13(5-11)16(9)17/h3-4,6,11,13,16,18H,1-2,5,7-8H2/t11-,13-,16+/m0/s1. The predicted octanol–water partition coefficient (Wildman–Crippen LogP) is 1.78. The van der Waals surface area contributed by atoms with Crippen LogP contribution in [0.15, 0.2) is 23.8 Å². The Hall–Kier alpha value is -1.52. The highest BCUT2D eigenvalue weighted by molar-refractivity contribution is 5.52. The van der Waals surface area contributed by atoms with Gasteiger partial charge in [-0.2, -0.15) is 0 Å². The van der Waals surface area contributed by atoms with Crippen molar-refractivity contribution < 1.29 is 14.6 Å². The second-order valence-electron chi connectivity index (χ2n) is 6.22. The summed E-state index contributed by atoms with van der Waals surface area (Å²) in [5.41, 5.74) is 4.12. The monoisotopic (exact) mass is 271 g/mol. The lowest BCUT2D eigenvalue weighted by atomic mass is 9.75. The highest BCUT2D eigenvalue weighted by Gasteiger charge is 2.44. The Morgan fingerprint density at radius 2 is 2.05 bits per heavy atom. The van der Waals surface area contributed by atoms with Gasteiger partial charge in [-0.25, -0.2) is 0 Å². The summed E-state index contributed by atoms with van der Waals surface area (Å²) in [6, 6.07) is 4.77. The molecule has 1 aliphatic carbocycles. The summed E-state index contributed by atoms with van der Waals surface area (Å²) in [6.45, 7) is 2.41. The molecule has 5 rings (SSSR count). The number of ether oxygens (including phenoxy) is 2. The predicted molar refractivity (Wildman–Crippen MR) is 72.8 cm³/mol. The second-order valence-corrected chi connectivity index (χ2v) is 6.22. The van der Waals surface area contributed by atoms with Crippen molar-refractivity contribution in [3.63, 3.8) is 0 Å². The van der Waals surface area contributed by atoms with E-state index in [1.807, 2.05) is 0 Å². The summed E-state index contributed by atoms with van der Waals surface area (Å²) in [7, 11) is 0. The van der Waals surface area contributed by atoms with Gasteiger partial charge in [-0.15, -0.1) is 0 Å². The molecule has 1 fully saturated rings. The molecule has 1 aromatic rings. The van der Waals surface area contributed by atoms with Gasteiger partial charge in [-0.1, -0.05) is 11.6 Å². The van der Waals surface area contributed by atoms with Crippen LogP contribution in [-0.2, 0) is 6.54 Å². The van der Waals surface area contributed by atoms with Crippen LogP contribution in [0.25, 0.3) is 0 Å². The lowest BCUT2D eigenvalue weighted by molar-refractivity contribution is 0.141. The number of aliphatic hydroxyl groups is 1. The number of hydrogen-bond acceptors (Lipinski definition) is 4. The fraction of sp³-hybridized carbons (Fsp3) is 0.500. The fourth-order valence-electron chi connectivity index (χ4n) is 4.37. The van der Waals surface area contributed by atoms with Gasteiger partial charge in [0.25, 0.3) is 0 Å². The summed E-state index contributed by atoms with van der Waals surface area (Å²) in [6.07, 6.45) is 3.69. The molecular formula is C16H17NO3. The third-order valence-corrected chi connectivity index (χ3v) is 5.15. The van der Waals surface area contributed by atoms with Crippen molar-refractivity contribution in [1.82, 2.24) is 4.90 Å². The Balaban J connectivity index is 1.67. The molecule has 20 heavy (non-hydrogen) atoms. The third kappa shape index (κ3) is 1.38. The molecule has 0 amide bonds. The van der Waals surface area contributed by atoms with Crippen LogP contribution in [0.3, 0.4) is 0 Å². The van der Waals surface area contributed by atoms with E-state index in [-0.39, 0.29) is 6.10 Å². The van der Waals surface area contributed by atoms with Crippen LogP contribution in [0.5, 0.6) is 11.5 Å². The van der Waals surface area contributed by atoms with E-state index in [2.05, 4.69) is 23.1 Å². The van der Waals surface area contributed by atoms with Crippen LogP contribution in [0, 0.1) is 0 Å². The molecule has 4 nitrogen and oxygen atoms in total. The molecule has 1 saturated heterocycles. The minimum absolute atomic E-state index is 0.303. The highest BCUT2D eigenvalue weighted by atomic mass is 16.7. The third-order valence-electron chi connectivity index (χ3n) is 5.15. The topological polar surface area (TPSA) is 41.9 Å². The van der Waals surface area contributed by atoms with E-state index in [0.717, 1.165) is 37.4 Å². The van der Waals surface area contributed by atoms with Gasteiger partial charge in [-0.3, -0.25) is 4.90 Å². The summed E-state index contributed by atoms with van der Waals surface area (Å²) in [5.74, 6) is 2.13. The normalized spacial score (nSPS) is 33.6. The van der Waals surface area contributed by atoms with Crippen molar-refractivity contribution in [2.24, 2.45) is 0 Å². The van der Waals surface area contributed by atoms with E-state index in [1.165, 1.54) is 16.7 Å². The Morgan fingerprint density at radius 3 is 2.95 bits per heavy atom. The molecule has 104 valence electrons. The van der Waals surface area contributed by atoms with Gasteiger partial charge in [0.15, 0.2) is 11.5 Å². The van der Waals surface area contributed by atoms with Crippen molar-refractivity contribution in [1.29, 1.82) is 0 Å². The van der Waals surface area contributed by atoms with Gasteiger partial charge < -0.3 is 14.6 Å². The van der Waals surface area contributed by atoms with Gasteiger partial charge in [0.1, 0.15) is 0 Å². The van der Waals surface area contributed by atoms with E-state index >= 15 is 0 Å². The minimum Gasteiger partial charge on any atom is -0.454 e. The lowest BCUT2D eigenvalue weighted by Crippen LogP contribution is -2.42. The zero-order chi connectivity index (χ0) is 13.3. The van der Waals surface area contributed by atoms with E-state index in [4.69, 9.17) is 9.47 Å². The molecule has 4 heteroatoms. The highest BCUT2D eigenvalue weighted by Crippen LogP contribution is 2.49. The largest absolute Gasteiger partial charge is 0.454 e. The Labute approximate surface area is 117 Å². The maximum Gasteiger partial charge on any atom is 0.231 e. The molecule has 0 radical (unpaired) electrons. The molecule has 0 spiro atoms. The van der Waals surface area contributed by atoms with Crippen LogP contribution in [0.4, 0.5) is 0 Å². The van der Waals surface area contributed by atoms with Crippen molar-refractivity contribution in [3.05, 3.63) is 34.9 Å². The average molecular weight is 271 g/mol. The van der Waals surface area contributed by atoms with Crippen molar-refractivity contribution in [2.45, 2.75) is 37.5 Å². The van der Waals surface area contributed by atoms with E-state index in [0.29, 0.717) is 18.8 Å². The smallest absolute Gasteiger partial charge is 0.231 e. The van der Waals surface area contributed by atoms with Crippen LogP contribution >= 0.6 is 0 Å². The molecule has 3 atom stereocenters. The van der Waals surface area contributed by atoms with E-state index in [1.54, 1.807) is 0 Å². The molecule has 0 unspecified atom stereocenters. The number of fused-ring (bicyclic) bond motifs is 3. The van der Waals surface area contributed by atoms with E-state index < -0.39 is 0 Å². The summed E-state index contributed by atoms with van der Waals surface area (Å²) in [4.78, 5) is 2.55.